The van der Waals surface area contributed by atoms with Crippen LogP contribution >= 0.6 is 11.3 Å². The molecule has 1 aliphatic heterocycles. The zero-order valence-electron chi connectivity index (χ0n) is 15.8. The standard InChI is InChI=1S/C19H34N4OS/c1-3-4-13-24-14-8-10-21-19(20-2)22-16-17(18-9-7-15-25-18)23-11-5-6-12-23/h7,9,15,17H,3-6,8,10-14,16H2,1-2H3,(H2,20,21,22). The van der Waals surface area contributed by atoms with Gasteiger partial charge in [0.1, 0.15) is 0 Å². The molecule has 0 aromatic carbocycles. The molecule has 1 unspecified atom stereocenters. The van der Waals surface area contributed by atoms with Crippen LogP contribution < -0.4 is 10.6 Å². The Bertz CT molecular complexity index is 472. The van der Waals surface area contributed by atoms with Crippen molar-refractivity contribution < 1.29 is 4.74 Å². The number of hydrogen-bond acceptors (Lipinski definition) is 4. The lowest BCUT2D eigenvalue weighted by Crippen LogP contribution is -2.42. The van der Waals surface area contributed by atoms with E-state index >= 15 is 0 Å². The van der Waals surface area contributed by atoms with Crippen LogP contribution in [0.25, 0.3) is 0 Å². The van der Waals surface area contributed by atoms with Crippen LogP contribution in [-0.4, -0.2) is 57.3 Å². The van der Waals surface area contributed by atoms with E-state index in [2.05, 4.69) is 45.0 Å². The lowest BCUT2D eigenvalue weighted by Gasteiger charge is -2.27. The topological polar surface area (TPSA) is 48.9 Å². The zero-order valence-corrected chi connectivity index (χ0v) is 16.6. The van der Waals surface area contributed by atoms with Crippen LogP contribution in [-0.2, 0) is 4.74 Å². The molecule has 2 heterocycles. The molecular weight excluding hydrogens is 332 g/mol. The number of thiophene rings is 1. The van der Waals surface area contributed by atoms with Gasteiger partial charge in [-0.1, -0.05) is 19.4 Å². The summed E-state index contributed by atoms with van der Waals surface area (Å²) in [6, 6.07) is 4.84. The summed E-state index contributed by atoms with van der Waals surface area (Å²) in [5.41, 5.74) is 0. The van der Waals surface area contributed by atoms with E-state index in [-0.39, 0.29) is 0 Å². The van der Waals surface area contributed by atoms with Crippen LogP contribution in [0.3, 0.4) is 0 Å². The number of aliphatic imine (C=N–C) groups is 1. The average molecular weight is 367 g/mol. The Balaban J connectivity index is 1.70. The molecule has 1 saturated heterocycles. The lowest BCUT2D eigenvalue weighted by molar-refractivity contribution is 0.129. The van der Waals surface area contributed by atoms with E-state index in [4.69, 9.17) is 4.74 Å². The van der Waals surface area contributed by atoms with Crippen molar-refractivity contribution in [3.8, 4) is 0 Å². The van der Waals surface area contributed by atoms with Crippen molar-refractivity contribution >= 4 is 17.3 Å². The third-order valence-corrected chi connectivity index (χ3v) is 5.51. The van der Waals surface area contributed by atoms with Crippen molar-refractivity contribution in [2.45, 2.75) is 45.1 Å². The highest BCUT2D eigenvalue weighted by Gasteiger charge is 2.24. The fraction of sp³-hybridized carbons (Fsp3) is 0.737. The molecule has 2 rings (SSSR count). The van der Waals surface area contributed by atoms with Crippen LogP contribution in [0.4, 0.5) is 0 Å². The minimum Gasteiger partial charge on any atom is -0.381 e. The summed E-state index contributed by atoms with van der Waals surface area (Å²) in [7, 11) is 1.84. The van der Waals surface area contributed by atoms with Crippen LogP contribution in [0.15, 0.2) is 22.5 Å². The molecule has 1 aromatic rings. The van der Waals surface area contributed by atoms with Gasteiger partial charge in [0.2, 0.25) is 0 Å². The number of rotatable bonds is 11. The molecule has 0 saturated carbocycles. The van der Waals surface area contributed by atoms with Crippen LogP contribution in [0.1, 0.15) is 49.9 Å². The number of guanidine groups is 1. The van der Waals surface area contributed by atoms with Gasteiger partial charge in [-0.3, -0.25) is 9.89 Å². The summed E-state index contributed by atoms with van der Waals surface area (Å²) < 4.78 is 5.60. The third-order valence-electron chi connectivity index (χ3n) is 4.54. The Morgan fingerprint density at radius 1 is 1.28 bits per heavy atom. The quantitative estimate of drug-likeness (QED) is 0.359. The summed E-state index contributed by atoms with van der Waals surface area (Å²) in [5.74, 6) is 0.884. The predicted octanol–water partition coefficient (Wildman–Crippen LogP) is 3.26. The smallest absolute Gasteiger partial charge is 0.191 e. The first kappa shape index (κ1) is 20.2. The van der Waals surface area contributed by atoms with Gasteiger partial charge < -0.3 is 15.4 Å². The molecular formula is C19H34N4OS. The highest BCUT2D eigenvalue weighted by molar-refractivity contribution is 7.10. The van der Waals surface area contributed by atoms with Gasteiger partial charge in [-0.05, 0) is 50.2 Å². The van der Waals surface area contributed by atoms with E-state index in [9.17, 15) is 0 Å². The molecule has 0 bridgehead atoms. The monoisotopic (exact) mass is 366 g/mol. The molecule has 1 atom stereocenters. The summed E-state index contributed by atoms with van der Waals surface area (Å²) in [6.45, 7) is 8.06. The second-order valence-corrected chi connectivity index (χ2v) is 7.45. The third kappa shape index (κ3) is 7.34. The number of ether oxygens (including phenoxy) is 1. The summed E-state index contributed by atoms with van der Waals surface area (Å²) in [4.78, 5) is 8.38. The van der Waals surface area contributed by atoms with E-state index in [1.807, 2.05) is 18.4 Å². The number of likely N-dealkylation sites (tertiary alicyclic amines) is 1. The van der Waals surface area contributed by atoms with Gasteiger partial charge >= 0.3 is 0 Å². The molecule has 6 heteroatoms. The van der Waals surface area contributed by atoms with Crippen molar-refractivity contribution in [3.63, 3.8) is 0 Å². The maximum absolute atomic E-state index is 5.60. The van der Waals surface area contributed by atoms with Gasteiger partial charge in [0.25, 0.3) is 0 Å². The fourth-order valence-electron chi connectivity index (χ4n) is 3.09. The highest BCUT2D eigenvalue weighted by atomic mass is 32.1. The molecule has 25 heavy (non-hydrogen) atoms. The molecule has 1 aromatic heterocycles. The SMILES string of the molecule is CCCCOCCCNC(=NC)NCC(c1cccs1)N1CCCC1. The number of nitrogens with zero attached hydrogens (tertiary/aromatic N) is 2. The molecule has 2 N–H and O–H groups in total. The molecule has 1 aliphatic rings. The van der Waals surface area contributed by atoms with E-state index in [1.165, 1.54) is 37.2 Å². The maximum atomic E-state index is 5.60. The van der Waals surface area contributed by atoms with E-state index in [1.54, 1.807) is 0 Å². The average Bonchev–Trinajstić information content (AvgIpc) is 3.33. The first-order valence-electron chi connectivity index (χ1n) is 9.65. The maximum Gasteiger partial charge on any atom is 0.191 e. The van der Waals surface area contributed by atoms with E-state index in [0.717, 1.165) is 45.1 Å². The Morgan fingerprint density at radius 2 is 2.08 bits per heavy atom. The molecule has 0 radical (unpaired) electrons. The van der Waals surface area contributed by atoms with Crippen molar-refractivity contribution in [1.29, 1.82) is 0 Å². The lowest BCUT2D eigenvalue weighted by atomic mass is 10.2. The highest BCUT2D eigenvalue weighted by Crippen LogP contribution is 2.27. The summed E-state index contributed by atoms with van der Waals surface area (Å²) >= 11 is 1.85. The van der Waals surface area contributed by atoms with Crippen molar-refractivity contribution in [2.75, 3.05) is 46.4 Å². The van der Waals surface area contributed by atoms with Gasteiger partial charge in [-0.15, -0.1) is 11.3 Å². The van der Waals surface area contributed by atoms with Gasteiger partial charge in [0.05, 0.1) is 6.04 Å². The zero-order chi connectivity index (χ0) is 17.7. The molecule has 0 spiro atoms. The van der Waals surface area contributed by atoms with Crippen LogP contribution in [0.2, 0.25) is 0 Å². The van der Waals surface area contributed by atoms with Gasteiger partial charge in [0.15, 0.2) is 5.96 Å². The van der Waals surface area contributed by atoms with Crippen molar-refractivity contribution in [1.82, 2.24) is 15.5 Å². The molecule has 5 nitrogen and oxygen atoms in total. The second-order valence-electron chi connectivity index (χ2n) is 6.47. The fourth-order valence-corrected chi connectivity index (χ4v) is 3.95. The minimum atomic E-state index is 0.443. The first-order valence-corrected chi connectivity index (χ1v) is 10.5. The van der Waals surface area contributed by atoms with Gasteiger partial charge in [-0.25, -0.2) is 0 Å². The molecule has 0 aliphatic carbocycles. The van der Waals surface area contributed by atoms with Crippen LogP contribution in [0.5, 0.6) is 0 Å². The van der Waals surface area contributed by atoms with Crippen LogP contribution in [0, 0.1) is 0 Å². The first-order chi connectivity index (χ1) is 12.3. The normalized spacial score (nSPS) is 17.0. The Morgan fingerprint density at radius 3 is 2.76 bits per heavy atom. The van der Waals surface area contributed by atoms with E-state index in [0.29, 0.717) is 6.04 Å². The summed E-state index contributed by atoms with van der Waals surface area (Å²) in [6.07, 6.45) is 5.97. The van der Waals surface area contributed by atoms with Crippen molar-refractivity contribution in [2.24, 2.45) is 4.99 Å². The Kier molecular flexibility index (Phi) is 9.92. The number of unbranched alkanes of at least 4 members (excludes halogenated alkanes) is 1. The number of nitrogens with one attached hydrogen (secondary N) is 2. The molecule has 1 fully saturated rings. The second kappa shape index (κ2) is 12.3. The predicted molar refractivity (Wildman–Crippen MR) is 108 cm³/mol. The van der Waals surface area contributed by atoms with Crippen molar-refractivity contribution in [3.05, 3.63) is 22.4 Å². The van der Waals surface area contributed by atoms with Gasteiger partial charge in [0, 0.05) is 38.2 Å². The largest absolute Gasteiger partial charge is 0.381 e. The number of hydrogen-bond donors (Lipinski definition) is 2. The molecule has 0 amide bonds. The summed E-state index contributed by atoms with van der Waals surface area (Å²) in [5, 5.41) is 9.07. The van der Waals surface area contributed by atoms with Gasteiger partial charge in [-0.2, -0.15) is 0 Å². The Labute approximate surface area is 156 Å². The van der Waals surface area contributed by atoms with E-state index < -0.39 is 0 Å². The molecule has 142 valence electrons. The minimum absolute atomic E-state index is 0.443. The Hall–Kier alpha value is -1.11.